The van der Waals surface area contributed by atoms with Gasteiger partial charge in [0.25, 0.3) is 0 Å². The molecule has 1 heterocycles. The number of rotatable bonds is 0. The van der Waals surface area contributed by atoms with Crippen LogP contribution in [0.5, 0.6) is 0 Å². The summed E-state index contributed by atoms with van der Waals surface area (Å²) < 4.78 is 0. The number of fused-ring (bicyclic) bond motifs is 1. The molecule has 2 nitrogen and oxygen atoms in total. The highest BCUT2D eigenvalue weighted by Crippen LogP contribution is 2.22. The van der Waals surface area contributed by atoms with Crippen LogP contribution in [0.3, 0.4) is 0 Å². The summed E-state index contributed by atoms with van der Waals surface area (Å²) in [5.74, 6) is 0. The fraction of sp³-hybridized carbons (Fsp3) is 0.444. The molecule has 0 amide bonds. The van der Waals surface area contributed by atoms with Crippen LogP contribution in [0.1, 0.15) is 12.8 Å². The highest BCUT2D eigenvalue weighted by atomic mass is 14.8. The van der Waals surface area contributed by atoms with Crippen molar-refractivity contribution in [1.29, 1.82) is 0 Å². The molecule has 2 aliphatic rings. The summed E-state index contributed by atoms with van der Waals surface area (Å²) in [5.41, 5.74) is 7.16. The van der Waals surface area contributed by atoms with Crippen molar-refractivity contribution in [3.63, 3.8) is 0 Å². The Morgan fingerprint density at radius 2 is 2.45 bits per heavy atom. The molecule has 0 saturated carbocycles. The van der Waals surface area contributed by atoms with E-state index in [0.29, 0.717) is 6.04 Å². The molecule has 1 aliphatic carbocycles. The molecule has 2 N–H and O–H groups in total. The van der Waals surface area contributed by atoms with E-state index in [0.717, 1.165) is 12.8 Å². The predicted octanol–water partition coefficient (Wildman–Crippen LogP) is 1.04. The normalized spacial score (nSPS) is 34.8. The van der Waals surface area contributed by atoms with Gasteiger partial charge in [-0.25, -0.2) is 0 Å². The lowest BCUT2D eigenvalue weighted by molar-refractivity contribution is 0.687. The Morgan fingerprint density at radius 3 is 3.27 bits per heavy atom. The highest BCUT2D eigenvalue weighted by Gasteiger charge is 2.20. The maximum atomic E-state index is 5.86. The van der Waals surface area contributed by atoms with Crippen LogP contribution in [0.4, 0.5) is 0 Å². The van der Waals surface area contributed by atoms with Gasteiger partial charge in [-0.3, -0.25) is 4.99 Å². The van der Waals surface area contributed by atoms with Crippen molar-refractivity contribution < 1.29 is 0 Å². The van der Waals surface area contributed by atoms with Gasteiger partial charge in [-0.1, -0.05) is 18.2 Å². The van der Waals surface area contributed by atoms with Crippen molar-refractivity contribution in [2.45, 2.75) is 24.9 Å². The molecule has 2 atom stereocenters. The standard InChI is InChI=1S/C9H12N2/c10-8-4-1-5-9-7(8)3-2-6-11-9/h1,3-4,6,8-9H,2,5,10H2. The minimum absolute atomic E-state index is 0.117. The fourth-order valence-corrected chi connectivity index (χ4v) is 1.62. The maximum Gasteiger partial charge on any atom is 0.0757 e. The number of hydrogen-bond acceptors (Lipinski definition) is 2. The smallest absolute Gasteiger partial charge is 0.0757 e. The van der Waals surface area contributed by atoms with E-state index in [-0.39, 0.29) is 6.04 Å². The molecule has 58 valence electrons. The van der Waals surface area contributed by atoms with Crippen molar-refractivity contribution in [3.8, 4) is 0 Å². The van der Waals surface area contributed by atoms with Crippen LogP contribution < -0.4 is 5.73 Å². The molecular formula is C9H12N2. The summed E-state index contributed by atoms with van der Waals surface area (Å²) in [6, 6.07) is 0.468. The van der Waals surface area contributed by atoms with Gasteiger partial charge in [0.05, 0.1) is 6.04 Å². The Kier molecular flexibility index (Phi) is 1.62. The fourth-order valence-electron chi connectivity index (χ4n) is 1.62. The lowest BCUT2D eigenvalue weighted by Gasteiger charge is -2.25. The van der Waals surface area contributed by atoms with E-state index in [2.05, 4.69) is 23.2 Å². The largest absolute Gasteiger partial charge is 0.321 e. The molecule has 0 fully saturated rings. The quantitative estimate of drug-likeness (QED) is 0.512. The van der Waals surface area contributed by atoms with E-state index in [1.54, 1.807) is 0 Å². The highest BCUT2D eigenvalue weighted by molar-refractivity contribution is 5.63. The zero-order valence-corrected chi connectivity index (χ0v) is 6.40. The minimum atomic E-state index is 0.117. The summed E-state index contributed by atoms with van der Waals surface area (Å²) in [4.78, 5) is 4.38. The Hall–Kier alpha value is -0.890. The van der Waals surface area contributed by atoms with Gasteiger partial charge < -0.3 is 5.73 Å². The zero-order valence-electron chi connectivity index (χ0n) is 6.40. The van der Waals surface area contributed by atoms with Gasteiger partial charge in [-0.05, 0) is 12.0 Å². The van der Waals surface area contributed by atoms with E-state index < -0.39 is 0 Å². The molecule has 2 unspecified atom stereocenters. The van der Waals surface area contributed by atoms with Gasteiger partial charge in [0.15, 0.2) is 0 Å². The number of aliphatic imine (C=N–C) groups is 1. The van der Waals surface area contributed by atoms with Crippen LogP contribution in [0, 0.1) is 0 Å². The third-order valence-corrected chi connectivity index (χ3v) is 2.22. The van der Waals surface area contributed by atoms with Gasteiger partial charge in [0, 0.05) is 18.7 Å². The lowest BCUT2D eigenvalue weighted by Crippen LogP contribution is -2.31. The summed E-state index contributed by atoms with van der Waals surface area (Å²) in [5, 5.41) is 0. The number of allylic oxidation sites excluding steroid dienone is 1. The van der Waals surface area contributed by atoms with Crippen molar-refractivity contribution >= 4 is 6.21 Å². The van der Waals surface area contributed by atoms with Gasteiger partial charge >= 0.3 is 0 Å². The van der Waals surface area contributed by atoms with Crippen LogP contribution in [-0.2, 0) is 0 Å². The third-order valence-electron chi connectivity index (χ3n) is 2.22. The first-order chi connectivity index (χ1) is 5.38. The number of nitrogens with zero attached hydrogens (tertiary/aromatic N) is 1. The summed E-state index contributed by atoms with van der Waals surface area (Å²) in [6.07, 6.45) is 10.3. The van der Waals surface area contributed by atoms with Crippen molar-refractivity contribution in [2.75, 3.05) is 0 Å². The molecule has 11 heavy (non-hydrogen) atoms. The molecule has 0 saturated heterocycles. The van der Waals surface area contributed by atoms with E-state index in [1.807, 2.05) is 6.21 Å². The van der Waals surface area contributed by atoms with Crippen LogP contribution in [0.15, 0.2) is 28.8 Å². The first-order valence-corrected chi connectivity index (χ1v) is 4.02. The minimum Gasteiger partial charge on any atom is -0.321 e. The lowest BCUT2D eigenvalue weighted by atomic mass is 9.90. The van der Waals surface area contributed by atoms with Crippen LogP contribution in [0.25, 0.3) is 0 Å². The van der Waals surface area contributed by atoms with Crippen LogP contribution in [-0.4, -0.2) is 18.3 Å². The summed E-state index contributed by atoms with van der Waals surface area (Å²) in [7, 11) is 0. The Labute approximate surface area is 66.5 Å². The molecule has 2 rings (SSSR count). The average Bonchev–Trinajstić information content (AvgIpc) is 2.06. The molecule has 2 heteroatoms. The first-order valence-electron chi connectivity index (χ1n) is 4.02. The van der Waals surface area contributed by atoms with E-state index in [4.69, 9.17) is 5.73 Å². The zero-order chi connectivity index (χ0) is 7.68. The number of hydrogen-bond donors (Lipinski definition) is 1. The van der Waals surface area contributed by atoms with E-state index in [9.17, 15) is 0 Å². The predicted molar refractivity (Wildman–Crippen MR) is 46.7 cm³/mol. The van der Waals surface area contributed by atoms with E-state index in [1.165, 1.54) is 5.57 Å². The van der Waals surface area contributed by atoms with Gasteiger partial charge in [-0.15, -0.1) is 0 Å². The molecule has 0 aromatic rings. The molecule has 0 bridgehead atoms. The van der Waals surface area contributed by atoms with Crippen molar-refractivity contribution in [3.05, 3.63) is 23.8 Å². The number of dihydropyridines is 1. The molecule has 1 aliphatic heterocycles. The molecule has 0 aromatic carbocycles. The molecule has 0 spiro atoms. The molecule has 0 aromatic heterocycles. The Morgan fingerprint density at radius 1 is 1.55 bits per heavy atom. The topological polar surface area (TPSA) is 38.4 Å². The van der Waals surface area contributed by atoms with Crippen molar-refractivity contribution in [1.82, 2.24) is 0 Å². The Bertz CT molecular complexity index is 238. The SMILES string of the molecule is NC1C=CCC2N=CCC=C12. The molecule has 0 radical (unpaired) electrons. The van der Waals surface area contributed by atoms with Crippen molar-refractivity contribution in [2.24, 2.45) is 10.7 Å². The maximum absolute atomic E-state index is 5.86. The summed E-state index contributed by atoms with van der Waals surface area (Å²) >= 11 is 0. The van der Waals surface area contributed by atoms with Gasteiger partial charge in [0.2, 0.25) is 0 Å². The number of nitrogens with two attached hydrogens (primary N) is 1. The first kappa shape index (κ1) is 6.80. The van der Waals surface area contributed by atoms with E-state index >= 15 is 0 Å². The van der Waals surface area contributed by atoms with Crippen LogP contribution in [0.2, 0.25) is 0 Å². The Balaban J connectivity index is 2.28. The molecular weight excluding hydrogens is 136 g/mol. The average molecular weight is 148 g/mol. The monoisotopic (exact) mass is 148 g/mol. The third kappa shape index (κ3) is 1.14. The van der Waals surface area contributed by atoms with Crippen LogP contribution >= 0.6 is 0 Å². The van der Waals surface area contributed by atoms with Gasteiger partial charge in [0.1, 0.15) is 0 Å². The summed E-state index contributed by atoms with van der Waals surface area (Å²) in [6.45, 7) is 0. The second kappa shape index (κ2) is 2.62. The second-order valence-electron chi connectivity index (χ2n) is 2.98. The second-order valence-corrected chi connectivity index (χ2v) is 2.98. The van der Waals surface area contributed by atoms with Gasteiger partial charge in [-0.2, -0.15) is 0 Å².